The van der Waals surface area contributed by atoms with Gasteiger partial charge in [-0.2, -0.15) is 0 Å². The highest BCUT2D eigenvalue weighted by Crippen LogP contribution is 2.25. The van der Waals surface area contributed by atoms with E-state index in [1.165, 1.54) is 9.87 Å². The molecule has 0 aromatic heterocycles. The second kappa shape index (κ2) is 8.08. The summed E-state index contributed by atoms with van der Waals surface area (Å²) in [4.78, 5) is 25.9. The molecule has 0 spiro atoms. The standard InChI is InChI=1S/C22H24N2O4S/c25-21-19-8-4-5-9-20(19)22(26)24(21)14-15-29(27,28)23-12-10-18(11-13-23)16-17-6-2-1-3-7-17/h1-9,18H,10-16H2. The molecule has 152 valence electrons. The van der Waals surface area contributed by atoms with Crippen molar-refractivity contribution in [3.63, 3.8) is 0 Å². The highest BCUT2D eigenvalue weighted by Gasteiger charge is 2.36. The lowest BCUT2D eigenvalue weighted by atomic mass is 9.91. The third-order valence-electron chi connectivity index (χ3n) is 5.79. The van der Waals surface area contributed by atoms with Crippen LogP contribution < -0.4 is 0 Å². The molecule has 0 saturated carbocycles. The fraction of sp³-hybridized carbons (Fsp3) is 0.364. The van der Waals surface area contributed by atoms with Gasteiger partial charge in [-0.15, -0.1) is 0 Å². The molecule has 2 heterocycles. The molecule has 0 N–H and O–H groups in total. The van der Waals surface area contributed by atoms with Gasteiger partial charge in [0.25, 0.3) is 11.8 Å². The van der Waals surface area contributed by atoms with Crippen LogP contribution in [0.2, 0.25) is 0 Å². The first kappa shape index (κ1) is 19.8. The van der Waals surface area contributed by atoms with Crippen molar-refractivity contribution >= 4 is 21.8 Å². The first-order valence-corrected chi connectivity index (χ1v) is 11.5. The zero-order valence-electron chi connectivity index (χ0n) is 16.2. The lowest BCUT2D eigenvalue weighted by Gasteiger charge is -2.31. The van der Waals surface area contributed by atoms with Crippen molar-refractivity contribution in [2.45, 2.75) is 19.3 Å². The maximum Gasteiger partial charge on any atom is 0.261 e. The number of carbonyl (C=O) groups is 2. The van der Waals surface area contributed by atoms with Crippen molar-refractivity contribution in [1.82, 2.24) is 9.21 Å². The summed E-state index contributed by atoms with van der Waals surface area (Å²) in [5.41, 5.74) is 1.97. The van der Waals surface area contributed by atoms with Gasteiger partial charge in [0.05, 0.1) is 16.9 Å². The molecular formula is C22H24N2O4S. The van der Waals surface area contributed by atoms with E-state index in [0.717, 1.165) is 24.2 Å². The van der Waals surface area contributed by atoms with Crippen LogP contribution in [-0.2, 0) is 16.4 Å². The van der Waals surface area contributed by atoms with E-state index in [-0.39, 0.29) is 12.3 Å². The fourth-order valence-electron chi connectivity index (χ4n) is 4.12. The molecule has 2 aliphatic heterocycles. The van der Waals surface area contributed by atoms with E-state index in [2.05, 4.69) is 12.1 Å². The monoisotopic (exact) mass is 412 g/mol. The molecule has 2 amide bonds. The number of amides is 2. The van der Waals surface area contributed by atoms with Crippen molar-refractivity contribution in [3.05, 3.63) is 71.3 Å². The largest absolute Gasteiger partial charge is 0.273 e. The average molecular weight is 413 g/mol. The highest BCUT2D eigenvalue weighted by atomic mass is 32.2. The minimum Gasteiger partial charge on any atom is -0.273 e. The van der Waals surface area contributed by atoms with Crippen LogP contribution >= 0.6 is 0 Å². The maximum atomic E-state index is 12.8. The Morgan fingerprint density at radius 3 is 1.97 bits per heavy atom. The predicted molar refractivity (Wildman–Crippen MR) is 110 cm³/mol. The number of nitrogens with zero attached hydrogens (tertiary/aromatic N) is 2. The fourth-order valence-corrected chi connectivity index (χ4v) is 5.56. The average Bonchev–Trinajstić information content (AvgIpc) is 2.98. The summed E-state index contributed by atoms with van der Waals surface area (Å²) in [5, 5.41) is 0. The zero-order valence-corrected chi connectivity index (χ0v) is 17.0. The number of sulfonamides is 1. The van der Waals surface area contributed by atoms with Crippen molar-refractivity contribution in [3.8, 4) is 0 Å². The molecule has 1 saturated heterocycles. The molecule has 0 bridgehead atoms. The molecule has 6 nitrogen and oxygen atoms in total. The summed E-state index contributed by atoms with van der Waals surface area (Å²) in [6, 6.07) is 16.8. The first-order chi connectivity index (χ1) is 14.0. The summed E-state index contributed by atoms with van der Waals surface area (Å²) >= 11 is 0. The highest BCUT2D eigenvalue weighted by molar-refractivity contribution is 7.89. The summed E-state index contributed by atoms with van der Waals surface area (Å²) in [6.45, 7) is 0.864. The van der Waals surface area contributed by atoms with E-state index in [4.69, 9.17) is 0 Å². The smallest absolute Gasteiger partial charge is 0.261 e. The Bertz CT molecular complexity index is 977. The van der Waals surface area contributed by atoms with E-state index in [9.17, 15) is 18.0 Å². The minimum absolute atomic E-state index is 0.112. The van der Waals surface area contributed by atoms with Gasteiger partial charge in [0.2, 0.25) is 10.0 Å². The third kappa shape index (κ3) is 4.11. The van der Waals surface area contributed by atoms with Crippen LogP contribution in [0.25, 0.3) is 0 Å². The molecule has 0 atom stereocenters. The summed E-state index contributed by atoms with van der Waals surface area (Å²) in [7, 11) is -3.51. The van der Waals surface area contributed by atoms with Crippen LogP contribution in [0.1, 0.15) is 39.1 Å². The maximum absolute atomic E-state index is 12.8. The number of hydrogen-bond acceptors (Lipinski definition) is 4. The second-order valence-corrected chi connectivity index (χ2v) is 9.74. The van der Waals surface area contributed by atoms with Crippen LogP contribution in [0.15, 0.2) is 54.6 Å². The van der Waals surface area contributed by atoms with Gasteiger partial charge in [-0.3, -0.25) is 14.5 Å². The molecular weight excluding hydrogens is 388 g/mol. The van der Waals surface area contributed by atoms with Gasteiger partial charge in [-0.1, -0.05) is 42.5 Å². The summed E-state index contributed by atoms with van der Waals surface area (Å²) in [6.07, 6.45) is 2.60. The lowest BCUT2D eigenvalue weighted by molar-refractivity contribution is 0.0663. The quantitative estimate of drug-likeness (QED) is 0.684. The van der Waals surface area contributed by atoms with Crippen molar-refractivity contribution < 1.29 is 18.0 Å². The van der Waals surface area contributed by atoms with Crippen molar-refractivity contribution in [1.29, 1.82) is 0 Å². The SMILES string of the molecule is O=C1c2ccccc2C(=O)N1CCS(=O)(=O)N1CCC(Cc2ccccc2)CC1. The van der Waals surface area contributed by atoms with Gasteiger partial charge in [0.1, 0.15) is 0 Å². The van der Waals surface area contributed by atoms with Gasteiger partial charge in [0, 0.05) is 19.6 Å². The van der Waals surface area contributed by atoms with Crippen molar-refractivity contribution in [2.75, 3.05) is 25.4 Å². The van der Waals surface area contributed by atoms with E-state index in [1.807, 2.05) is 18.2 Å². The zero-order chi connectivity index (χ0) is 20.4. The van der Waals surface area contributed by atoms with Crippen LogP contribution in [0, 0.1) is 5.92 Å². The van der Waals surface area contributed by atoms with Gasteiger partial charge in [-0.05, 0) is 42.9 Å². The topological polar surface area (TPSA) is 74.8 Å². The van der Waals surface area contributed by atoms with E-state index < -0.39 is 21.8 Å². The molecule has 2 aromatic rings. The molecule has 1 fully saturated rings. The van der Waals surface area contributed by atoms with Crippen LogP contribution in [0.5, 0.6) is 0 Å². The number of carbonyl (C=O) groups excluding carboxylic acids is 2. The Morgan fingerprint density at radius 2 is 1.38 bits per heavy atom. The minimum atomic E-state index is -3.51. The lowest BCUT2D eigenvalue weighted by Crippen LogP contribution is -2.43. The first-order valence-electron chi connectivity index (χ1n) is 9.93. The Kier molecular flexibility index (Phi) is 5.52. The van der Waals surface area contributed by atoms with Crippen LogP contribution in [0.3, 0.4) is 0 Å². The number of hydrogen-bond donors (Lipinski definition) is 0. The van der Waals surface area contributed by atoms with Gasteiger partial charge >= 0.3 is 0 Å². The van der Waals surface area contributed by atoms with E-state index in [1.54, 1.807) is 24.3 Å². The molecule has 7 heteroatoms. The van der Waals surface area contributed by atoms with Crippen LogP contribution in [0.4, 0.5) is 0 Å². The Morgan fingerprint density at radius 1 is 0.828 bits per heavy atom. The van der Waals surface area contributed by atoms with Gasteiger partial charge in [0.15, 0.2) is 0 Å². The van der Waals surface area contributed by atoms with E-state index >= 15 is 0 Å². The number of fused-ring (bicyclic) bond motifs is 1. The Hall–Kier alpha value is -2.51. The van der Waals surface area contributed by atoms with Crippen LogP contribution in [-0.4, -0.2) is 54.8 Å². The second-order valence-electron chi connectivity index (χ2n) is 7.66. The Balaban J connectivity index is 1.32. The molecule has 0 aliphatic carbocycles. The Labute approximate surface area is 171 Å². The molecule has 0 unspecified atom stereocenters. The van der Waals surface area contributed by atoms with Gasteiger partial charge in [-0.25, -0.2) is 12.7 Å². The van der Waals surface area contributed by atoms with Crippen molar-refractivity contribution in [2.24, 2.45) is 5.92 Å². The normalized spacial score (nSPS) is 18.3. The number of rotatable bonds is 6. The number of piperidine rings is 1. The molecule has 2 aromatic carbocycles. The summed E-state index contributed by atoms with van der Waals surface area (Å²) in [5.74, 6) is -0.591. The van der Waals surface area contributed by atoms with E-state index in [0.29, 0.717) is 30.1 Å². The molecule has 4 rings (SSSR count). The molecule has 0 radical (unpaired) electrons. The number of imide groups is 1. The number of benzene rings is 2. The molecule has 29 heavy (non-hydrogen) atoms. The predicted octanol–water partition coefficient (Wildman–Crippen LogP) is 2.57. The third-order valence-corrected chi connectivity index (χ3v) is 7.64. The molecule has 2 aliphatic rings. The van der Waals surface area contributed by atoms with Gasteiger partial charge < -0.3 is 0 Å². The summed E-state index contributed by atoms with van der Waals surface area (Å²) < 4.78 is 27.0.